The lowest BCUT2D eigenvalue weighted by molar-refractivity contribution is 0.0174. The van der Waals surface area contributed by atoms with Crippen molar-refractivity contribution in [2.45, 2.75) is 59.0 Å². The maximum Gasteiger partial charge on any atom is 0.270 e. The zero-order chi connectivity index (χ0) is 21.2. The molecule has 0 bridgehead atoms. The molecule has 0 aliphatic carbocycles. The van der Waals surface area contributed by atoms with Gasteiger partial charge in [-0.2, -0.15) is 0 Å². The Bertz CT molecular complexity index is 614. The second kappa shape index (κ2) is 12.1. The normalized spacial score (nSPS) is 18.5. The number of nitrogens with one attached hydrogen (secondary N) is 1. The molecule has 1 aliphatic heterocycles. The number of halogens is 2. The van der Waals surface area contributed by atoms with Crippen LogP contribution in [0.25, 0.3) is 0 Å². The monoisotopic (exact) mass is 394 g/mol. The minimum Gasteiger partial charge on any atom is -0.382 e. The largest absolute Gasteiger partial charge is 0.382 e. The fourth-order valence-corrected chi connectivity index (χ4v) is 3.33. The van der Waals surface area contributed by atoms with Gasteiger partial charge in [-0.1, -0.05) is 50.6 Å². The number of benzene rings is 1. The number of piperidine rings is 1. The van der Waals surface area contributed by atoms with E-state index in [2.05, 4.69) is 24.2 Å². The fourth-order valence-electron chi connectivity index (χ4n) is 3.33. The van der Waals surface area contributed by atoms with Gasteiger partial charge >= 0.3 is 0 Å². The molecular weight excluding hydrogens is 358 g/mol. The van der Waals surface area contributed by atoms with Crippen molar-refractivity contribution >= 4 is 5.71 Å². The van der Waals surface area contributed by atoms with Gasteiger partial charge in [-0.05, 0) is 56.3 Å². The third-order valence-corrected chi connectivity index (χ3v) is 5.44. The Morgan fingerprint density at radius 2 is 1.86 bits per heavy atom. The lowest BCUT2D eigenvalue weighted by atomic mass is 9.85. The minimum atomic E-state index is -2.87. The molecule has 2 N–H and O–H groups in total. The van der Waals surface area contributed by atoms with Crippen LogP contribution < -0.4 is 5.32 Å². The number of nitrogens with zero attached hydrogens (tertiary/aromatic N) is 1. The summed E-state index contributed by atoms with van der Waals surface area (Å²) in [5, 5.41) is 13.4. The van der Waals surface area contributed by atoms with Crippen molar-refractivity contribution < 1.29 is 13.9 Å². The van der Waals surface area contributed by atoms with Crippen molar-refractivity contribution in [3.8, 4) is 0 Å². The molecule has 1 aliphatic rings. The van der Waals surface area contributed by atoms with E-state index in [0.29, 0.717) is 11.3 Å². The van der Waals surface area contributed by atoms with Crippen molar-refractivity contribution in [1.82, 2.24) is 5.32 Å². The van der Waals surface area contributed by atoms with Crippen molar-refractivity contribution in [3.05, 3.63) is 47.5 Å². The summed E-state index contributed by atoms with van der Waals surface area (Å²) >= 11 is 0. The van der Waals surface area contributed by atoms with Gasteiger partial charge in [-0.25, -0.2) is 8.78 Å². The van der Waals surface area contributed by atoms with Crippen LogP contribution in [0.15, 0.2) is 41.4 Å². The highest BCUT2D eigenvalue weighted by Crippen LogP contribution is 2.28. The Hall–Kier alpha value is -1.59. The van der Waals surface area contributed by atoms with E-state index in [9.17, 15) is 13.9 Å². The van der Waals surface area contributed by atoms with Gasteiger partial charge in [0, 0.05) is 19.5 Å². The lowest BCUT2D eigenvalue weighted by Crippen LogP contribution is -2.30. The molecular formula is C23H36F2N2O. The zero-order valence-electron chi connectivity index (χ0n) is 17.9. The van der Waals surface area contributed by atoms with Crippen LogP contribution in [0, 0.1) is 11.8 Å². The van der Waals surface area contributed by atoms with E-state index in [-0.39, 0.29) is 5.56 Å². The van der Waals surface area contributed by atoms with Crippen molar-refractivity contribution in [2.24, 2.45) is 16.8 Å². The first-order valence-electron chi connectivity index (χ1n) is 10.2. The van der Waals surface area contributed by atoms with E-state index in [1.165, 1.54) is 56.6 Å². The maximum atomic E-state index is 13.0. The highest BCUT2D eigenvalue weighted by atomic mass is 19.3. The van der Waals surface area contributed by atoms with E-state index in [1.54, 1.807) is 19.2 Å². The Kier molecular flexibility index (Phi) is 10.5. The van der Waals surface area contributed by atoms with Gasteiger partial charge in [0.25, 0.3) is 5.92 Å². The average Bonchev–Trinajstić information content (AvgIpc) is 2.71. The van der Waals surface area contributed by atoms with Gasteiger partial charge in [-0.15, -0.1) is 0 Å². The molecule has 158 valence electrons. The van der Waals surface area contributed by atoms with Gasteiger partial charge in [0.05, 0.1) is 5.71 Å². The van der Waals surface area contributed by atoms with E-state index in [4.69, 9.17) is 0 Å². The highest BCUT2D eigenvalue weighted by Gasteiger charge is 2.24. The first-order chi connectivity index (χ1) is 13.2. The molecule has 1 aromatic rings. The number of hydrogen-bond acceptors (Lipinski definition) is 3. The molecule has 5 heteroatoms. The first-order valence-corrected chi connectivity index (χ1v) is 10.2. The Morgan fingerprint density at radius 3 is 2.29 bits per heavy atom. The summed E-state index contributed by atoms with van der Waals surface area (Å²) in [5.41, 5.74) is 0.967. The SMILES string of the molecule is C/C=C\C(=NC)C(O)c1ccc(C(C)(F)F)cc1.CCC(C)C1CCNCC1. The molecule has 2 atom stereocenters. The molecule has 0 spiro atoms. The van der Waals surface area contributed by atoms with Crippen molar-refractivity contribution in [3.63, 3.8) is 0 Å². The van der Waals surface area contributed by atoms with Crippen LogP contribution in [-0.4, -0.2) is 31.0 Å². The molecule has 1 heterocycles. The molecule has 0 amide bonds. The van der Waals surface area contributed by atoms with Crippen LogP contribution in [0.1, 0.15) is 64.2 Å². The fraction of sp³-hybridized carbons (Fsp3) is 0.609. The molecule has 3 nitrogen and oxygen atoms in total. The number of alkyl halides is 2. The number of aliphatic hydroxyl groups is 1. The molecule has 1 saturated heterocycles. The number of hydrogen-bond donors (Lipinski definition) is 2. The third kappa shape index (κ3) is 7.80. The first kappa shape index (κ1) is 24.4. The van der Waals surface area contributed by atoms with E-state index >= 15 is 0 Å². The van der Waals surface area contributed by atoms with Crippen LogP contribution in [0.2, 0.25) is 0 Å². The minimum absolute atomic E-state index is 0.0699. The van der Waals surface area contributed by atoms with Crippen LogP contribution in [-0.2, 0) is 5.92 Å². The summed E-state index contributed by atoms with van der Waals surface area (Å²) in [4.78, 5) is 3.96. The zero-order valence-corrected chi connectivity index (χ0v) is 17.9. The average molecular weight is 395 g/mol. The quantitative estimate of drug-likeness (QED) is 0.625. The number of aliphatic hydroxyl groups excluding tert-OH is 1. The highest BCUT2D eigenvalue weighted by molar-refractivity contribution is 5.98. The Balaban J connectivity index is 0.000000330. The van der Waals surface area contributed by atoms with Gasteiger partial charge in [0.2, 0.25) is 0 Å². The maximum absolute atomic E-state index is 13.0. The third-order valence-electron chi connectivity index (χ3n) is 5.44. The van der Waals surface area contributed by atoms with Crippen molar-refractivity contribution in [1.29, 1.82) is 0 Å². The molecule has 28 heavy (non-hydrogen) atoms. The summed E-state index contributed by atoms with van der Waals surface area (Å²) in [6.45, 7) is 9.84. The molecule has 0 radical (unpaired) electrons. The predicted molar refractivity (Wildman–Crippen MR) is 114 cm³/mol. The van der Waals surface area contributed by atoms with Crippen LogP contribution in [0.5, 0.6) is 0 Å². The smallest absolute Gasteiger partial charge is 0.270 e. The van der Waals surface area contributed by atoms with Crippen LogP contribution >= 0.6 is 0 Å². The second-order valence-electron chi connectivity index (χ2n) is 7.53. The summed E-state index contributed by atoms with van der Waals surface area (Å²) < 4.78 is 26.1. The number of allylic oxidation sites excluding steroid dienone is 1. The molecule has 0 aromatic heterocycles. The molecule has 0 saturated carbocycles. The van der Waals surface area contributed by atoms with E-state index < -0.39 is 12.0 Å². The summed E-state index contributed by atoms with van der Waals surface area (Å²) in [6, 6.07) is 5.63. The molecule has 1 aromatic carbocycles. The topological polar surface area (TPSA) is 44.6 Å². The number of rotatable bonds is 6. The Labute approximate surface area is 169 Å². The summed E-state index contributed by atoms with van der Waals surface area (Å²) in [5.74, 6) is -0.914. The van der Waals surface area contributed by atoms with Crippen LogP contribution in [0.3, 0.4) is 0 Å². The second-order valence-corrected chi connectivity index (χ2v) is 7.53. The summed E-state index contributed by atoms with van der Waals surface area (Å²) in [7, 11) is 1.58. The van der Waals surface area contributed by atoms with Gasteiger partial charge in [0.1, 0.15) is 6.10 Å². The predicted octanol–water partition coefficient (Wildman–Crippen LogP) is 5.51. The standard InChI is InChI=1S/C14H17F2NO.C9H19N/c1-4-5-12(17-3)13(18)10-6-8-11(9-7-10)14(2,15)16;1-3-8(2)9-4-6-10-7-5-9/h4-9,13,18H,1-3H3;8-10H,3-7H2,1-2H3/b5-4-,17-12?;. The van der Waals surface area contributed by atoms with Crippen molar-refractivity contribution in [2.75, 3.05) is 20.1 Å². The molecule has 2 unspecified atom stereocenters. The van der Waals surface area contributed by atoms with Crippen LogP contribution in [0.4, 0.5) is 8.78 Å². The number of aliphatic imine (C=N–C) groups is 1. The Morgan fingerprint density at radius 1 is 1.29 bits per heavy atom. The summed E-state index contributed by atoms with van der Waals surface area (Å²) in [6.07, 6.45) is 6.70. The molecule has 1 fully saturated rings. The van der Waals surface area contributed by atoms with E-state index in [0.717, 1.165) is 18.8 Å². The molecule has 2 rings (SSSR count). The lowest BCUT2D eigenvalue weighted by Gasteiger charge is -2.27. The van der Waals surface area contributed by atoms with Gasteiger partial charge in [-0.3, -0.25) is 4.99 Å². The van der Waals surface area contributed by atoms with E-state index in [1.807, 2.05) is 6.92 Å². The van der Waals surface area contributed by atoms with Gasteiger partial charge in [0.15, 0.2) is 0 Å². The van der Waals surface area contributed by atoms with Gasteiger partial charge < -0.3 is 10.4 Å².